The van der Waals surface area contributed by atoms with E-state index in [9.17, 15) is 18.0 Å². The van der Waals surface area contributed by atoms with Gasteiger partial charge >= 0.3 is 6.18 Å². The van der Waals surface area contributed by atoms with E-state index in [4.69, 9.17) is 10.2 Å². The molecule has 0 unspecified atom stereocenters. The van der Waals surface area contributed by atoms with Gasteiger partial charge in [-0.2, -0.15) is 13.2 Å². The average Bonchev–Trinajstić information content (AvgIpc) is 3.03. The Morgan fingerprint density at radius 1 is 1.19 bits per heavy atom. The lowest BCUT2D eigenvalue weighted by atomic mass is 10.2. The molecule has 0 radical (unpaired) electrons. The van der Waals surface area contributed by atoms with Crippen molar-refractivity contribution in [1.29, 1.82) is 0 Å². The highest BCUT2D eigenvalue weighted by molar-refractivity contribution is 6.02. The van der Waals surface area contributed by atoms with Crippen molar-refractivity contribution in [2.75, 3.05) is 5.73 Å². The van der Waals surface area contributed by atoms with Crippen LogP contribution in [0, 0.1) is 0 Å². The molecule has 108 valence electrons. The van der Waals surface area contributed by atoms with Gasteiger partial charge in [0.25, 0.3) is 5.91 Å². The van der Waals surface area contributed by atoms with Crippen molar-refractivity contribution in [3.8, 4) is 0 Å². The summed E-state index contributed by atoms with van der Waals surface area (Å²) in [5.41, 5.74) is 4.95. The molecule has 0 atom stereocenters. The van der Waals surface area contributed by atoms with Crippen LogP contribution >= 0.6 is 0 Å². The quantitative estimate of drug-likeness (QED) is 0.698. The summed E-state index contributed by atoms with van der Waals surface area (Å²) < 4.78 is 45.0. The van der Waals surface area contributed by atoms with Gasteiger partial charge in [-0.15, -0.1) is 0 Å². The number of hydrogen-bond donors (Lipinski definition) is 1. The fourth-order valence-electron chi connectivity index (χ4n) is 2.17. The number of hydrogen-bond acceptors (Lipinski definition) is 3. The SMILES string of the molecule is Nc1ccc2c(c1)cc(C(F)(F)F)n2C(=O)c1ccco1. The van der Waals surface area contributed by atoms with Crippen LogP contribution in [0.2, 0.25) is 0 Å². The summed E-state index contributed by atoms with van der Waals surface area (Å²) in [5.74, 6) is -1.05. The zero-order chi connectivity index (χ0) is 15.2. The fourth-order valence-corrected chi connectivity index (χ4v) is 2.17. The van der Waals surface area contributed by atoms with E-state index in [1.54, 1.807) is 0 Å². The number of nitrogens with two attached hydrogens (primary N) is 1. The third-order valence-corrected chi connectivity index (χ3v) is 3.05. The lowest BCUT2D eigenvalue weighted by molar-refractivity contribution is -0.142. The number of carbonyl (C=O) groups is 1. The zero-order valence-electron chi connectivity index (χ0n) is 10.5. The van der Waals surface area contributed by atoms with Gasteiger partial charge in [-0.3, -0.25) is 9.36 Å². The van der Waals surface area contributed by atoms with Gasteiger partial charge in [0.1, 0.15) is 5.69 Å². The van der Waals surface area contributed by atoms with Gasteiger partial charge in [-0.1, -0.05) is 0 Å². The fraction of sp³-hybridized carbons (Fsp3) is 0.0714. The number of rotatable bonds is 1. The second kappa shape index (κ2) is 4.41. The van der Waals surface area contributed by atoms with Crippen LogP contribution in [-0.4, -0.2) is 10.5 Å². The number of furan rings is 1. The molecule has 0 saturated carbocycles. The molecule has 3 rings (SSSR count). The lowest BCUT2D eigenvalue weighted by Crippen LogP contribution is -2.20. The highest BCUT2D eigenvalue weighted by atomic mass is 19.4. The van der Waals surface area contributed by atoms with Gasteiger partial charge in [0.05, 0.1) is 11.8 Å². The zero-order valence-corrected chi connectivity index (χ0v) is 10.5. The van der Waals surface area contributed by atoms with E-state index >= 15 is 0 Å². The van der Waals surface area contributed by atoms with Gasteiger partial charge in [0.15, 0.2) is 5.76 Å². The van der Waals surface area contributed by atoms with Crippen molar-refractivity contribution in [1.82, 2.24) is 4.57 Å². The van der Waals surface area contributed by atoms with Gasteiger partial charge in [0.2, 0.25) is 0 Å². The van der Waals surface area contributed by atoms with Crippen LogP contribution in [0.25, 0.3) is 10.9 Å². The summed E-state index contributed by atoms with van der Waals surface area (Å²) in [6.45, 7) is 0. The van der Waals surface area contributed by atoms with Crippen LogP contribution in [0.3, 0.4) is 0 Å². The number of carbonyl (C=O) groups excluding carboxylic acids is 1. The van der Waals surface area contributed by atoms with Gasteiger partial charge in [0, 0.05) is 11.1 Å². The molecule has 21 heavy (non-hydrogen) atoms. The summed E-state index contributed by atoms with van der Waals surface area (Å²) in [4.78, 5) is 12.3. The number of anilines is 1. The molecule has 0 bridgehead atoms. The maximum Gasteiger partial charge on any atom is 0.431 e. The van der Waals surface area contributed by atoms with Gasteiger partial charge < -0.3 is 10.2 Å². The Labute approximate surface area is 116 Å². The van der Waals surface area contributed by atoms with Crippen molar-refractivity contribution in [2.24, 2.45) is 0 Å². The van der Waals surface area contributed by atoms with E-state index in [1.165, 1.54) is 36.6 Å². The molecule has 0 fully saturated rings. The molecule has 2 heterocycles. The summed E-state index contributed by atoms with van der Waals surface area (Å²) in [6, 6.07) is 7.84. The molecule has 1 aromatic carbocycles. The van der Waals surface area contributed by atoms with Crippen molar-refractivity contribution >= 4 is 22.5 Å². The van der Waals surface area contributed by atoms with E-state index in [2.05, 4.69) is 0 Å². The maximum absolute atomic E-state index is 13.2. The molecule has 0 aliphatic rings. The van der Waals surface area contributed by atoms with Crippen molar-refractivity contribution in [3.63, 3.8) is 0 Å². The minimum Gasteiger partial charge on any atom is -0.459 e. The van der Waals surface area contributed by atoms with E-state index < -0.39 is 17.8 Å². The lowest BCUT2D eigenvalue weighted by Gasteiger charge is -2.10. The maximum atomic E-state index is 13.2. The molecule has 0 aliphatic carbocycles. The molecular weight excluding hydrogens is 285 g/mol. The molecule has 0 amide bonds. The minimum absolute atomic E-state index is 0.123. The van der Waals surface area contributed by atoms with Crippen molar-refractivity contribution in [3.05, 3.63) is 54.1 Å². The number of nitrogen functional groups attached to an aromatic ring is 1. The standard InChI is InChI=1S/C14H9F3N2O2/c15-14(16,17)12-7-8-6-9(18)3-4-10(8)19(12)13(20)11-2-1-5-21-11/h1-7H,18H2. The average molecular weight is 294 g/mol. The first-order valence-corrected chi connectivity index (χ1v) is 5.94. The number of alkyl halides is 3. The number of fused-ring (bicyclic) bond motifs is 1. The van der Waals surface area contributed by atoms with Gasteiger partial charge in [-0.25, -0.2) is 0 Å². The van der Waals surface area contributed by atoms with Crippen molar-refractivity contribution in [2.45, 2.75) is 6.18 Å². The molecular formula is C14H9F3N2O2. The molecule has 7 heteroatoms. The highest BCUT2D eigenvalue weighted by Gasteiger charge is 2.37. The summed E-state index contributed by atoms with van der Waals surface area (Å²) in [6.07, 6.45) is -3.44. The van der Waals surface area contributed by atoms with Crippen LogP contribution in [0.4, 0.5) is 18.9 Å². The second-order valence-electron chi connectivity index (χ2n) is 4.46. The second-order valence-corrected chi connectivity index (χ2v) is 4.46. The van der Waals surface area contributed by atoms with Crippen molar-refractivity contribution < 1.29 is 22.4 Å². The van der Waals surface area contributed by atoms with E-state index in [1.807, 2.05) is 0 Å². The van der Waals surface area contributed by atoms with E-state index in [-0.39, 0.29) is 16.7 Å². The number of nitrogens with zero attached hydrogens (tertiary/aromatic N) is 1. The molecule has 4 nitrogen and oxygen atoms in total. The normalized spacial score (nSPS) is 12.0. The third kappa shape index (κ3) is 2.16. The predicted molar refractivity (Wildman–Crippen MR) is 69.8 cm³/mol. The number of aromatic nitrogens is 1. The third-order valence-electron chi connectivity index (χ3n) is 3.05. The summed E-state index contributed by atoms with van der Waals surface area (Å²) >= 11 is 0. The Kier molecular flexibility index (Phi) is 2.79. The summed E-state index contributed by atoms with van der Waals surface area (Å²) in [5, 5.41) is 0.238. The first-order valence-electron chi connectivity index (χ1n) is 5.94. The topological polar surface area (TPSA) is 61.2 Å². The highest BCUT2D eigenvalue weighted by Crippen LogP contribution is 2.35. The number of halogens is 3. The van der Waals surface area contributed by atoms with E-state index in [0.717, 1.165) is 6.07 Å². The molecule has 2 N–H and O–H groups in total. The molecule has 0 aliphatic heterocycles. The predicted octanol–water partition coefficient (Wildman–Crippen LogP) is 3.52. The monoisotopic (exact) mass is 294 g/mol. The Hall–Kier alpha value is -2.70. The Balaban J connectivity index is 2.30. The van der Waals surface area contributed by atoms with Crippen LogP contribution in [0.15, 0.2) is 47.1 Å². The molecule has 3 aromatic rings. The van der Waals surface area contributed by atoms with Gasteiger partial charge in [-0.05, 0) is 36.4 Å². The van der Waals surface area contributed by atoms with Crippen LogP contribution in [0.1, 0.15) is 16.2 Å². The smallest absolute Gasteiger partial charge is 0.431 e. The van der Waals surface area contributed by atoms with Crippen LogP contribution in [-0.2, 0) is 6.18 Å². The molecule has 0 spiro atoms. The van der Waals surface area contributed by atoms with Crippen LogP contribution in [0.5, 0.6) is 0 Å². The minimum atomic E-state index is -4.67. The Bertz CT molecular complexity index is 817. The first-order chi connectivity index (χ1) is 9.88. The Morgan fingerprint density at radius 2 is 1.95 bits per heavy atom. The Morgan fingerprint density at radius 3 is 2.57 bits per heavy atom. The van der Waals surface area contributed by atoms with Crippen LogP contribution < -0.4 is 5.73 Å². The largest absolute Gasteiger partial charge is 0.459 e. The molecule has 0 saturated heterocycles. The van der Waals surface area contributed by atoms with E-state index in [0.29, 0.717) is 10.3 Å². The molecule has 2 aromatic heterocycles. The summed E-state index contributed by atoms with van der Waals surface area (Å²) in [7, 11) is 0. The first kappa shape index (κ1) is 13.3. The number of benzene rings is 1.